The third-order valence-corrected chi connectivity index (χ3v) is 4.41. The number of halogens is 1. The summed E-state index contributed by atoms with van der Waals surface area (Å²) in [6.45, 7) is 4.85. The molecule has 1 atom stereocenters. The number of nitrogens with two attached hydrogens (primary N) is 1. The summed E-state index contributed by atoms with van der Waals surface area (Å²) in [4.78, 5) is 4.11. The zero-order valence-electron chi connectivity index (χ0n) is 14.6. The van der Waals surface area contributed by atoms with Gasteiger partial charge in [0.05, 0.1) is 6.54 Å². The highest BCUT2D eigenvalue weighted by Crippen LogP contribution is 2.35. The molecule has 2 N–H and O–H groups in total. The van der Waals surface area contributed by atoms with Crippen molar-refractivity contribution in [3.05, 3.63) is 60.3 Å². The van der Waals surface area contributed by atoms with Crippen molar-refractivity contribution in [1.29, 1.82) is 0 Å². The van der Waals surface area contributed by atoms with Crippen molar-refractivity contribution in [1.82, 2.24) is 14.8 Å². The Labute approximate surface area is 147 Å². The second-order valence-electron chi connectivity index (χ2n) is 6.12. The van der Waals surface area contributed by atoms with Crippen LogP contribution in [0.25, 0.3) is 22.4 Å². The SMILES string of the molecule is CCc1c(-c2ccncc2)c(-c2ccc(F)cc2)nn1CC(N)CC. The highest BCUT2D eigenvalue weighted by Gasteiger charge is 2.20. The van der Waals surface area contributed by atoms with Crippen LogP contribution in [0.5, 0.6) is 0 Å². The molecule has 0 fully saturated rings. The highest BCUT2D eigenvalue weighted by molar-refractivity contribution is 5.82. The normalized spacial score (nSPS) is 12.3. The number of hydrogen-bond donors (Lipinski definition) is 1. The van der Waals surface area contributed by atoms with Crippen LogP contribution in [0.4, 0.5) is 4.39 Å². The van der Waals surface area contributed by atoms with Crippen LogP contribution in [0.15, 0.2) is 48.8 Å². The van der Waals surface area contributed by atoms with Crippen molar-refractivity contribution in [2.45, 2.75) is 39.3 Å². The summed E-state index contributed by atoms with van der Waals surface area (Å²) >= 11 is 0. The first-order chi connectivity index (χ1) is 12.1. The predicted molar refractivity (Wildman–Crippen MR) is 98.5 cm³/mol. The summed E-state index contributed by atoms with van der Waals surface area (Å²) in [5, 5.41) is 4.84. The van der Waals surface area contributed by atoms with Crippen LogP contribution in [-0.4, -0.2) is 20.8 Å². The van der Waals surface area contributed by atoms with Gasteiger partial charge in [-0.2, -0.15) is 5.10 Å². The van der Waals surface area contributed by atoms with E-state index in [0.29, 0.717) is 6.54 Å². The van der Waals surface area contributed by atoms with Crippen molar-refractivity contribution < 1.29 is 4.39 Å². The number of rotatable bonds is 6. The van der Waals surface area contributed by atoms with Gasteiger partial charge in [0.15, 0.2) is 0 Å². The molecule has 0 aliphatic heterocycles. The van der Waals surface area contributed by atoms with Crippen LogP contribution >= 0.6 is 0 Å². The summed E-state index contributed by atoms with van der Waals surface area (Å²) in [6.07, 6.45) is 5.28. The maximum atomic E-state index is 13.3. The molecule has 0 amide bonds. The molecule has 25 heavy (non-hydrogen) atoms. The van der Waals surface area contributed by atoms with Crippen LogP contribution < -0.4 is 5.73 Å². The van der Waals surface area contributed by atoms with Gasteiger partial charge in [0.25, 0.3) is 0 Å². The van der Waals surface area contributed by atoms with E-state index in [-0.39, 0.29) is 11.9 Å². The molecule has 2 heterocycles. The van der Waals surface area contributed by atoms with E-state index in [9.17, 15) is 4.39 Å². The zero-order valence-corrected chi connectivity index (χ0v) is 14.6. The summed E-state index contributed by atoms with van der Waals surface area (Å²) < 4.78 is 15.3. The topological polar surface area (TPSA) is 56.7 Å². The van der Waals surface area contributed by atoms with Gasteiger partial charge in [0.1, 0.15) is 11.5 Å². The molecule has 0 saturated heterocycles. The third kappa shape index (κ3) is 3.61. The van der Waals surface area contributed by atoms with E-state index in [4.69, 9.17) is 10.8 Å². The van der Waals surface area contributed by atoms with Gasteiger partial charge in [-0.1, -0.05) is 13.8 Å². The lowest BCUT2D eigenvalue weighted by atomic mass is 9.98. The fourth-order valence-electron chi connectivity index (χ4n) is 2.99. The molecule has 4 nitrogen and oxygen atoms in total. The molecule has 0 radical (unpaired) electrons. The van der Waals surface area contributed by atoms with Crippen molar-refractivity contribution in [2.75, 3.05) is 0 Å². The molecule has 3 rings (SSSR count). The Bertz CT molecular complexity index is 825. The van der Waals surface area contributed by atoms with Gasteiger partial charge in [-0.15, -0.1) is 0 Å². The van der Waals surface area contributed by atoms with Gasteiger partial charge < -0.3 is 5.73 Å². The average molecular weight is 338 g/mol. The minimum Gasteiger partial charge on any atom is -0.326 e. The minimum absolute atomic E-state index is 0.0524. The largest absolute Gasteiger partial charge is 0.326 e. The summed E-state index contributed by atoms with van der Waals surface area (Å²) in [5.74, 6) is -0.252. The number of aromatic nitrogens is 3. The Morgan fingerprint density at radius 1 is 1.04 bits per heavy atom. The first kappa shape index (κ1) is 17.3. The molecular weight excluding hydrogens is 315 g/mol. The third-order valence-electron chi connectivity index (χ3n) is 4.41. The molecule has 3 aromatic rings. The molecule has 1 aromatic carbocycles. The summed E-state index contributed by atoms with van der Waals surface area (Å²) in [5.41, 5.74) is 11.2. The number of pyridine rings is 1. The van der Waals surface area contributed by atoms with E-state index in [1.54, 1.807) is 24.5 Å². The molecule has 0 aliphatic carbocycles. The standard InChI is InChI=1S/C20H23FN4/c1-3-17(22)13-25-18(4-2)19(14-9-11-23-12-10-14)20(24-25)15-5-7-16(21)8-6-15/h5-12,17H,3-4,13,22H2,1-2H3. The van der Waals surface area contributed by atoms with Crippen molar-refractivity contribution in [3.63, 3.8) is 0 Å². The molecule has 0 bridgehead atoms. The Hall–Kier alpha value is -2.53. The lowest BCUT2D eigenvalue weighted by molar-refractivity contribution is 0.488. The van der Waals surface area contributed by atoms with Crippen molar-refractivity contribution in [2.24, 2.45) is 5.73 Å². The molecule has 130 valence electrons. The van der Waals surface area contributed by atoms with E-state index in [0.717, 1.165) is 40.9 Å². The molecular formula is C20H23FN4. The Morgan fingerprint density at radius 2 is 1.72 bits per heavy atom. The van der Waals surface area contributed by atoms with E-state index < -0.39 is 0 Å². The minimum atomic E-state index is -0.252. The monoisotopic (exact) mass is 338 g/mol. The predicted octanol–water partition coefficient (Wildman–Crippen LogP) is 4.05. The second kappa shape index (κ2) is 7.57. The fraction of sp³-hybridized carbons (Fsp3) is 0.300. The summed E-state index contributed by atoms with van der Waals surface area (Å²) in [7, 11) is 0. The molecule has 1 unspecified atom stereocenters. The van der Waals surface area contributed by atoms with Crippen molar-refractivity contribution >= 4 is 0 Å². The number of hydrogen-bond acceptors (Lipinski definition) is 3. The first-order valence-electron chi connectivity index (χ1n) is 8.65. The smallest absolute Gasteiger partial charge is 0.123 e. The Balaban J connectivity index is 2.19. The Kier molecular flexibility index (Phi) is 5.24. The first-order valence-corrected chi connectivity index (χ1v) is 8.65. The van der Waals surface area contributed by atoms with Gasteiger partial charge in [-0.3, -0.25) is 9.67 Å². The average Bonchev–Trinajstić information content (AvgIpc) is 3.01. The molecule has 0 saturated carbocycles. The molecule has 0 aliphatic rings. The van der Waals surface area contributed by atoms with E-state index in [1.165, 1.54) is 12.1 Å². The van der Waals surface area contributed by atoms with Gasteiger partial charge in [0.2, 0.25) is 0 Å². The second-order valence-corrected chi connectivity index (χ2v) is 6.12. The molecule has 5 heteroatoms. The highest BCUT2D eigenvalue weighted by atomic mass is 19.1. The van der Waals surface area contributed by atoms with Gasteiger partial charge in [0, 0.05) is 35.3 Å². The van der Waals surface area contributed by atoms with Crippen molar-refractivity contribution in [3.8, 4) is 22.4 Å². The maximum absolute atomic E-state index is 13.3. The quantitative estimate of drug-likeness (QED) is 0.737. The molecule has 0 spiro atoms. The maximum Gasteiger partial charge on any atom is 0.123 e. The molecule has 2 aromatic heterocycles. The van der Waals surface area contributed by atoms with Gasteiger partial charge >= 0.3 is 0 Å². The lowest BCUT2D eigenvalue weighted by Crippen LogP contribution is -2.26. The van der Waals surface area contributed by atoms with Crippen LogP contribution in [0, 0.1) is 5.82 Å². The van der Waals surface area contributed by atoms with Crippen LogP contribution in [-0.2, 0) is 13.0 Å². The van der Waals surface area contributed by atoms with Gasteiger partial charge in [-0.05, 0) is 54.8 Å². The summed E-state index contributed by atoms with van der Waals surface area (Å²) in [6, 6.07) is 10.5. The fourth-order valence-corrected chi connectivity index (χ4v) is 2.99. The van der Waals surface area contributed by atoms with Crippen LogP contribution in [0.1, 0.15) is 26.0 Å². The van der Waals surface area contributed by atoms with Crippen LogP contribution in [0.3, 0.4) is 0 Å². The Morgan fingerprint density at radius 3 is 2.32 bits per heavy atom. The number of nitrogens with zero attached hydrogens (tertiary/aromatic N) is 3. The zero-order chi connectivity index (χ0) is 17.8. The van der Waals surface area contributed by atoms with E-state index in [1.807, 2.05) is 16.8 Å². The lowest BCUT2D eigenvalue weighted by Gasteiger charge is -2.12. The van der Waals surface area contributed by atoms with E-state index in [2.05, 4.69) is 18.8 Å². The number of benzene rings is 1. The van der Waals surface area contributed by atoms with E-state index >= 15 is 0 Å². The van der Waals surface area contributed by atoms with Gasteiger partial charge in [-0.25, -0.2) is 4.39 Å². The van der Waals surface area contributed by atoms with Crippen LogP contribution in [0.2, 0.25) is 0 Å².